The number of ether oxygens (including phenoxy) is 2. The third kappa shape index (κ3) is 3.78. The van der Waals surface area contributed by atoms with Crippen LogP contribution in [0.1, 0.15) is 16.8 Å². The van der Waals surface area contributed by atoms with Gasteiger partial charge in [0.1, 0.15) is 18.1 Å². The van der Waals surface area contributed by atoms with Crippen molar-refractivity contribution in [2.45, 2.75) is 6.61 Å². The van der Waals surface area contributed by atoms with Crippen LogP contribution in [-0.2, 0) is 11.4 Å². The summed E-state index contributed by atoms with van der Waals surface area (Å²) in [5, 5.41) is 4.02. The molecule has 2 aromatic carbocycles. The van der Waals surface area contributed by atoms with Crippen molar-refractivity contribution in [1.29, 1.82) is 0 Å². The standard InChI is InChI=1S/C26H21N3O3/c1-31-24-15-27-13-12-21(24)25-22(14-28-26(25)30)17-7-10-20(11-8-17)32-16-19-9-6-18-4-2-3-5-23(18)29-19/h2-13,15H,14,16H2,1H3,(H,28,30). The van der Waals surface area contributed by atoms with Gasteiger partial charge in [-0.25, -0.2) is 4.98 Å². The number of methoxy groups -OCH3 is 1. The average molecular weight is 423 g/mol. The number of aromatic nitrogens is 2. The first-order valence-electron chi connectivity index (χ1n) is 10.3. The van der Waals surface area contributed by atoms with Gasteiger partial charge in [0, 0.05) is 23.7 Å². The Morgan fingerprint density at radius 1 is 1.00 bits per heavy atom. The summed E-state index contributed by atoms with van der Waals surface area (Å²) in [7, 11) is 1.57. The van der Waals surface area contributed by atoms with E-state index >= 15 is 0 Å². The molecular formula is C26H21N3O3. The minimum atomic E-state index is -0.118. The molecule has 4 aromatic rings. The predicted octanol–water partition coefficient (Wildman–Crippen LogP) is 4.26. The van der Waals surface area contributed by atoms with Crippen LogP contribution in [0.4, 0.5) is 0 Å². The Morgan fingerprint density at radius 3 is 2.69 bits per heavy atom. The van der Waals surface area contributed by atoms with Crippen LogP contribution in [0.3, 0.4) is 0 Å². The zero-order chi connectivity index (χ0) is 21.9. The summed E-state index contributed by atoms with van der Waals surface area (Å²) in [6.45, 7) is 0.841. The fraction of sp³-hybridized carbons (Fsp3) is 0.115. The van der Waals surface area contributed by atoms with Crippen molar-refractivity contribution in [1.82, 2.24) is 15.3 Å². The monoisotopic (exact) mass is 423 g/mol. The van der Waals surface area contributed by atoms with Gasteiger partial charge in [0.2, 0.25) is 0 Å². The third-order valence-corrected chi connectivity index (χ3v) is 5.47. The van der Waals surface area contributed by atoms with Crippen molar-refractivity contribution in [3.8, 4) is 11.5 Å². The van der Waals surface area contributed by atoms with Gasteiger partial charge in [-0.15, -0.1) is 0 Å². The second-order valence-corrected chi connectivity index (χ2v) is 7.42. The van der Waals surface area contributed by atoms with E-state index in [0.717, 1.165) is 39.0 Å². The number of benzene rings is 2. The number of hydrogen-bond acceptors (Lipinski definition) is 5. The van der Waals surface area contributed by atoms with Gasteiger partial charge in [-0.2, -0.15) is 0 Å². The molecule has 0 atom stereocenters. The molecule has 158 valence electrons. The number of carbonyl (C=O) groups excluding carboxylic acids is 1. The number of rotatable bonds is 6. The lowest BCUT2D eigenvalue weighted by Crippen LogP contribution is -2.17. The van der Waals surface area contributed by atoms with Crippen molar-refractivity contribution >= 4 is 28.0 Å². The number of carbonyl (C=O) groups is 1. The lowest BCUT2D eigenvalue weighted by Gasteiger charge is -2.11. The highest BCUT2D eigenvalue weighted by Crippen LogP contribution is 2.35. The van der Waals surface area contributed by atoms with E-state index < -0.39 is 0 Å². The summed E-state index contributed by atoms with van der Waals surface area (Å²) < 4.78 is 11.3. The number of nitrogens with one attached hydrogen (secondary N) is 1. The second-order valence-electron chi connectivity index (χ2n) is 7.42. The molecule has 0 bridgehead atoms. The Hall–Kier alpha value is -4.19. The Balaban J connectivity index is 1.37. The van der Waals surface area contributed by atoms with Gasteiger partial charge in [0.15, 0.2) is 0 Å². The lowest BCUT2D eigenvalue weighted by atomic mass is 9.97. The summed E-state index contributed by atoms with van der Waals surface area (Å²) >= 11 is 0. The first-order valence-corrected chi connectivity index (χ1v) is 10.3. The molecule has 0 radical (unpaired) electrons. The van der Waals surface area contributed by atoms with E-state index in [1.54, 1.807) is 25.6 Å². The Bertz CT molecular complexity index is 1330. The molecule has 0 saturated heterocycles. The normalized spacial score (nSPS) is 13.3. The number of nitrogens with zero attached hydrogens (tertiary/aromatic N) is 2. The van der Waals surface area contributed by atoms with Crippen molar-refractivity contribution < 1.29 is 14.3 Å². The number of hydrogen-bond donors (Lipinski definition) is 1. The highest BCUT2D eigenvalue weighted by Gasteiger charge is 2.27. The van der Waals surface area contributed by atoms with Crippen LogP contribution in [0.15, 0.2) is 79.1 Å². The third-order valence-electron chi connectivity index (χ3n) is 5.47. The highest BCUT2D eigenvalue weighted by atomic mass is 16.5. The van der Waals surface area contributed by atoms with Crippen LogP contribution in [0.2, 0.25) is 0 Å². The smallest absolute Gasteiger partial charge is 0.252 e. The molecule has 1 aliphatic rings. The van der Waals surface area contributed by atoms with Crippen LogP contribution in [0.25, 0.3) is 22.0 Å². The van der Waals surface area contributed by atoms with Gasteiger partial charge < -0.3 is 14.8 Å². The number of pyridine rings is 2. The Labute approximate surface area is 185 Å². The minimum absolute atomic E-state index is 0.118. The zero-order valence-corrected chi connectivity index (χ0v) is 17.5. The van der Waals surface area contributed by atoms with Crippen molar-refractivity contribution in [2.24, 2.45) is 0 Å². The van der Waals surface area contributed by atoms with Crippen molar-refractivity contribution in [3.05, 3.63) is 95.9 Å². The number of amides is 1. The first kappa shape index (κ1) is 19.8. The van der Waals surface area contributed by atoms with Crippen LogP contribution in [0.5, 0.6) is 11.5 Å². The maximum absolute atomic E-state index is 12.6. The maximum atomic E-state index is 12.6. The quantitative estimate of drug-likeness (QED) is 0.502. The minimum Gasteiger partial charge on any atom is -0.494 e. The van der Waals surface area contributed by atoms with Gasteiger partial charge in [-0.1, -0.05) is 36.4 Å². The molecule has 0 fully saturated rings. The van der Waals surface area contributed by atoms with Crippen LogP contribution in [0, 0.1) is 0 Å². The molecule has 32 heavy (non-hydrogen) atoms. The SMILES string of the molecule is COc1cnccc1C1=C(c2ccc(OCc3ccc4ccccc4n3)cc2)CNC1=O. The van der Waals surface area contributed by atoms with Gasteiger partial charge in [0.05, 0.1) is 30.1 Å². The van der Waals surface area contributed by atoms with E-state index in [-0.39, 0.29) is 5.91 Å². The van der Waals surface area contributed by atoms with Crippen LogP contribution < -0.4 is 14.8 Å². The van der Waals surface area contributed by atoms with Crippen LogP contribution in [-0.4, -0.2) is 29.5 Å². The molecule has 0 aliphatic carbocycles. The van der Waals surface area contributed by atoms with Crippen molar-refractivity contribution in [3.63, 3.8) is 0 Å². The Morgan fingerprint density at radius 2 is 1.84 bits per heavy atom. The second kappa shape index (κ2) is 8.51. The molecule has 3 heterocycles. The Kier molecular flexibility index (Phi) is 5.25. The fourth-order valence-corrected chi connectivity index (χ4v) is 3.86. The molecule has 0 unspecified atom stereocenters. The molecule has 1 aliphatic heterocycles. The van der Waals surface area contributed by atoms with E-state index in [1.165, 1.54) is 0 Å². The molecule has 6 nitrogen and oxygen atoms in total. The van der Waals surface area contributed by atoms with Gasteiger partial charge >= 0.3 is 0 Å². The van der Waals surface area contributed by atoms with Gasteiger partial charge in [-0.05, 0) is 41.5 Å². The molecular weight excluding hydrogens is 402 g/mol. The average Bonchev–Trinajstić information content (AvgIpc) is 3.24. The zero-order valence-electron chi connectivity index (χ0n) is 17.5. The molecule has 1 amide bonds. The maximum Gasteiger partial charge on any atom is 0.252 e. The first-order chi connectivity index (χ1) is 15.7. The molecule has 0 saturated carbocycles. The van der Waals surface area contributed by atoms with E-state index in [4.69, 9.17) is 9.47 Å². The fourth-order valence-electron chi connectivity index (χ4n) is 3.86. The number of para-hydroxylation sites is 1. The van der Waals surface area contributed by atoms with E-state index in [1.807, 2.05) is 54.6 Å². The van der Waals surface area contributed by atoms with E-state index in [9.17, 15) is 4.79 Å². The van der Waals surface area contributed by atoms with Gasteiger partial charge in [-0.3, -0.25) is 9.78 Å². The molecule has 5 rings (SSSR count). The number of fused-ring (bicyclic) bond motifs is 1. The van der Waals surface area contributed by atoms with E-state index in [0.29, 0.717) is 24.5 Å². The molecule has 6 heteroatoms. The largest absolute Gasteiger partial charge is 0.494 e. The summed E-state index contributed by atoms with van der Waals surface area (Å²) in [4.78, 5) is 21.3. The molecule has 0 spiro atoms. The predicted molar refractivity (Wildman–Crippen MR) is 123 cm³/mol. The summed E-state index contributed by atoms with van der Waals surface area (Å²) in [6, 6.07) is 21.6. The van der Waals surface area contributed by atoms with Crippen molar-refractivity contribution in [2.75, 3.05) is 13.7 Å². The molecule has 2 aromatic heterocycles. The van der Waals surface area contributed by atoms with Crippen LogP contribution >= 0.6 is 0 Å². The van der Waals surface area contributed by atoms with E-state index in [2.05, 4.69) is 21.4 Å². The highest BCUT2D eigenvalue weighted by molar-refractivity contribution is 6.30. The lowest BCUT2D eigenvalue weighted by molar-refractivity contribution is -0.114. The van der Waals surface area contributed by atoms with Gasteiger partial charge in [0.25, 0.3) is 5.91 Å². The molecule has 1 N–H and O–H groups in total. The summed E-state index contributed by atoms with van der Waals surface area (Å²) in [6.07, 6.45) is 3.27. The topological polar surface area (TPSA) is 73.3 Å². The summed E-state index contributed by atoms with van der Waals surface area (Å²) in [5.41, 5.74) is 5.03. The summed E-state index contributed by atoms with van der Waals surface area (Å²) in [5.74, 6) is 1.19.